The molecule has 0 N–H and O–H groups in total. The van der Waals surface area contributed by atoms with Crippen molar-refractivity contribution < 1.29 is 0 Å². The van der Waals surface area contributed by atoms with Gasteiger partial charge in [0.2, 0.25) is 0 Å². The van der Waals surface area contributed by atoms with E-state index in [4.69, 9.17) is 0 Å². The molecular formula is C36H74N2. The van der Waals surface area contributed by atoms with Gasteiger partial charge in [0, 0.05) is 13.1 Å². The first-order valence-electron chi connectivity index (χ1n) is 12.6. The minimum Gasteiger partial charge on any atom is -0.305 e. The van der Waals surface area contributed by atoms with Crippen molar-refractivity contribution in [1.82, 2.24) is 9.80 Å². The number of hydrogen-bond donors (Lipinski definition) is 0. The van der Waals surface area contributed by atoms with Crippen molar-refractivity contribution in [3.63, 3.8) is 0 Å². The molecule has 0 fully saturated rings. The van der Waals surface area contributed by atoms with E-state index < -0.39 is 0 Å². The molecular weight excluding hydrogens is 460 g/mol. The quantitative estimate of drug-likeness (QED) is 0.299. The van der Waals surface area contributed by atoms with Crippen LogP contribution in [-0.2, 0) is 13.1 Å². The summed E-state index contributed by atoms with van der Waals surface area (Å²) in [6.45, 7) is 15.8. The summed E-state index contributed by atoms with van der Waals surface area (Å²) in [5, 5.41) is 0. The molecule has 0 aliphatic rings. The lowest BCUT2D eigenvalue weighted by Crippen LogP contribution is -2.13. The van der Waals surface area contributed by atoms with E-state index in [1.165, 1.54) is 47.1 Å². The van der Waals surface area contributed by atoms with Gasteiger partial charge < -0.3 is 9.80 Å². The van der Waals surface area contributed by atoms with E-state index in [9.17, 15) is 0 Å². The Bertz CT molecular complexity index is 761. The highest BCUT2D eigenvalue weighted by Gasteiger charge is 2.12. The molecule has 2 nitrogen and oxygen atoms in total. The summed E-state index contributed by atoms with van der Waals surface area (Å²) in [5.41, 5.74) is 7.36. The fourth-order valence-corrected chi connectivity index (χ4v) is 3.90. The fraction of sp³-hybridized carbons (Fsp3) is 0.667. The second-order valence-corrected chi connectivity index (χ2v) is 10.1. The van der Waals surface area contributed by atoms with Crippen molar-refractivity contribution in [1.29, 1.82) is 0 Å². The summed E-state index contributed by atoms with van der Waals surface area (Å²) in [6.07, 6.45) is 3.64. The van der Waals surface area contributed by atoms with Gasteiger partial charge in [-0.3, -0.25) is 0 Å². The molecule has 0 heterocycles. The van der Waals surface area contributed by atoms with Gasteiger partial charge in [0.05, 0.1) is 0 Å². The Morgan fingerprint density at radius 1 is 0.526 bits per heavy atom. The number of nitrogens with zero attached hydrogens (tertiary/aromatic N) is 2. The second-order valence-electron chi connectivity index (χ2n) is 10.1. The molecule has 0 aliphatic heterocycles. The maximum absolute atomic E-state index is 2.43. The zero-order valence-electron chi connectivity index (χ0n) is 22.7. The summed E-state index contributed by atoms with van der Waals surface area (Å²) < 4.78 is 0. The molecule has 2 heteroatoms. The van der Waals surface area contributed by atoms with Gasteiger partial charge in [-0.05, 0) is 93.0 Å². The van der Waals surface area contributed by atoms with Gasteiger partial charge in [-0.2, -0.15) is 0 Å². The largest absolute Gasteiger partial charge is 0.305 e. The highest BCUT2D eigenvalue weighted by molar-refractivity contribution is 5.36. The smallest absolute Gasteiger partial charge is 0.0230 e. The van der Waals surface area contributed by atoms with E-state index in [2.05, 4.69) is 122 Å². The predicted octanol–water partition coefficient (Wildman–Crippen LogP) is 11.9. The van der Waals surface area contributed by atoms with Gasteiger partial charge in [0.1, 0.15) is 0 Å². The van der Waals surface area contributed by atoms with Crippen molar-refractivity contribution in [2.24, 2.45) is 0 Å². The van der Waals surface area contributed by atoms with Gasteiger partial charge in [0.25, 0.3) is 0 Å². The molecule has 0 radical (unpaired) electrons. The summed E-state index contributed by atoms with van der Waals surface area (Å²) in [5.74, 6) is 2.01. The van der Waals surface area contributed by atoms with Gasteiger partial charge in [-0.1, -0.05) is 129 Å². The summed E-state index contributed by atoms with van der Waals surface area (Å²) in [4.78, 5) is 4.46. The molecule has 38 heavy (non-hydrogen) atoms. The van der Waals surface area contributed by atoms with Crippen LogP contribution < -0.4 is 0 Å². The molecule has 0 saturated heterocycles. The number of benzene rings is 2. The van der Waals surface area contributed by atoms with E-state index in [0.717, 1.165) is 13.1 Å². The van der Waals surface area contributed by atoms with E-state index >= 15 is 0 Å². The van der Waals surface area contributed by atoms with E-state index in [1.807, 2.05) is 0 Å². The molecule has 0 bridgehead atoms. The highest BCUT2D eigenvalue weighted by Crippen LogP contribution is 2.28. The molecule has 0 amide bonds. The Balaban J connectivity index is -0.000000119. The fourth-order valence-electron chi connectivity index (χ4n) is 3.90. The van der Waals surface area contributed by atoms with Crippen LogP contribution in [0.3, 0.4) is 0 Å². The molecule has 0 spiro atoms. The lowest BCUT2D eigenvalue weighted by molar-refractivity contribution is 0.399. The van der Waals surface area contributed by atoms with Crippen molar-refractivity contribution in [3.8, 4) is 0 Å². The van der Waals surface area contributed by atoms with Crippen LogP contribution in [0, 0.1) is 0 Å². The van der Waals surface area contributed by atoms with E-state index in [0.29, 0.717) is 17.8 Å². The van der Waals surface area contributed by atoms with E-state index in [1.54, 1.807) is 0 Å². The zero-order valence-corrected chi connectivity index (χ0v) is 22.7. The molecule has 228 valence electrons. The van der Waals surface area contributed by atoms with Gasteiger partial charge >= 0.3 is 0 Å². The van der Waals surface area contributed by atoms with E-state index in [-0.39, 0.29) is 44.6 Å². The van der Waals surface area contributed by atoms with Crippen LogP contribution in [-0.4, -0.2) is 38.0 Å². The maximum Gasteiger partial charge on any atom is 0.0230 e. The third-order valence-electron chi connectivity index (χ3n) is 6.64. The van der Waals surface area contributed by atoms with Gasteiger partial charge in [-0.15, -0.1) is 0 Å². The molecule has 3 unspecified atom stereocenters. The summed E-state index contributed by atoms with van der Waals surface area (Å²) >= 11 is 0. The van der Waals surface area contributed by atoms with Crippen LogP contribution in [0.2, 0.25) is 0 Å². The first-order valence-corrected chi connectivity index (χ1v) is 12.6. The molecule has 2 aromatic rings. The second kappa shape index (κ2) is 25.6. The summed E-state index contributed by atoms with van der Waals surface area (Å²) in [6, 6.07) is 16.1. The van der Waals surface area contributed by atoms with Crippen LogP contribution in [0.25, 0.3) is 0 Å². The third-order valence-corrected chi connectivity index (χ3v) is 6.64. The third kappa shape index (κ3) is 17.0. The molecule has 0 aliphatic carbocycles. The predicted molar refractivity (Wildman–Crippen MR) is 184 cm³/mol. The maximum atomic E-state index is 2.43. The number of rotatable bonds is 10. The molecule has 2 aromatic carbocycles. The van der Waals surface area contributed by atoms with Crippen LogP contribution >= 0.6 is 0 Å². The Hall–Kier alpha value is -1.64. The van der Waals surface area contributed by atoms with Gasteiger partial charge in [0.15, 0.2) is 0 Å². The SMILES string of the molecule is C.C.C.C.C.C.CCC(C)c1ccc(C(C)CC)c(CN(C)C)c1.CCC(C)c1ccc(CN(C)C)cc1. The standard InChI is InChI=1S/C17H29N.C13H21N.6CH4/c1-7-13(3)15-9-10-17(14(4)8-2)16(11-15)12-18(5)6;1-5-11(2)13-8-6-12(7-9-13)10-14(3)4;;;;;;/h9-11,13-14H,7-8,12H2,1-6H3;6-9,11H,5,10H2,1-4H3;6*1H4. The molecule has 0 aromatic heterocycles. The molecule has 2 rings (SSSR count). The normalized spacial score (nSPS) is 11.9. The highest BCUT2D eigenvalue weighted by atomic mass is 15.1. The Morgan fingerprint density at radius 3 is 1.32 bits per heavy atom. The Labute approximate surface area is 244 Å². The van der Waals surface area contributed by atoms with Crippen molar-refractivity contribution >= 4 is 0 Å². The zero-order chi connectivity index (χ0) is 24.3. The average molecular weight is 535 g/mol. The van der Waals surface area contributed by atoms with Crippen molar-refractivity contribution in [3.05, 3.63) is 70.3 Å². The van der Waals surface area contributed by atoms with Crippen molar-refractivity contribution in [2.45, 2.75) is 136 Å². The molecule has 0 saturated carbocycles. The average Bonchev–Trinajstić information content (AvgIpc) is 2.77. The first-order chi connectivity index (χ1) is 15.1. The minimum atomic E-state index is 0. The summed E-state index contributed by atoms with van der Waals surface area (Å²) in [7, 11) is 8.50. The minimum absolute atomic E-state index is 0. The molecule has 3 atom stereocenters. The first kappa shape index (κ1) is 49.3. The van der Waals surface area contributed by atoms with Crippen molar-refractivity contribution in [2.75, 3.05) is 28.2 Å². The monoisotopic (exact) mass is 535 g/mol. The topological polar surface area (TPSA) is 6.48 Å². The van der Waals surface area contributed by atoms with Crippen LogP contribution in [0.4, 0.5) is 0 Å². The van der Waals surface area contributed by atoms with Crippen LogP contribution in [0.15, 0.2) is 42.5 Å². The van der Waals surface area contributed by atoms with Crippen LogP contribution in [0.5, 0.6) is 0 Å². The lowest BCUT2D eigenvalue weighted by atomic mass is 9.89. The van der Waals surface area contributed by atoms with Gasteiger partial charge in [-0.25, -0.2) is 0 Å². The van der Waals surface area contributed by atoms with Crippen LogP contribution in [0.1, 0.15) is 151 Å². The lowest BCUT2D eigenvalue weighted by Gasteiger charge is -2.21. The Kier molecular flexibility index (Phi) is 33.3. The Morgan fingerprint density at radius 2 is 0.921 bits per heavy atom. The number of hydrogen-bond acceptors (Lipinski definition) is 2.